The van der Waals surface area contributed by atoms with E-state index in [1.165, 1.54) is 7.11 Å². The van der Waals surface area contributed by atoms with Crippen molar-refractivity contribution in [2.45, 2.75) is 0 Å². The summed E-state index contributed by atoms with van der Waals surface area (Å²) in [5, 5.41) is 3.13. The highest BCUT2D eigenvalue weighted by molar-refractivity contribution is 6.23. The van der Waals surface area contributed by atoms with Crippen LogP contribution in [0, 0.1) is 0 Å². The molecule has 0 aliphatic carbocycles. The zero-order valence-corrected chi connectivity index (χ0v) is 5.59. The van der Waals surface area contributed by atoms with Crippen molar-refractivity contribution < 1.29 is 14.4 Å². The second-order valence-corrected chi connectivity index (χ2v) is 1.21. The summed E-state index contributed by atoms with van der Waals surface area (Å²) >= 11 is 5.04. The lowest BCUT2D eigenvalue weighted by molar-refractivity contribution is -0.132. The Bertz CT molecular complexity index is 114. The van der Waals surface area contributed by atoms with Crippen LogP contribution in [0.2, 0.25) is 0 Å². The molecule has 0 spiro atoms. The summed E-state index contributed by atoms with van der Waals surface area (Å²) < 4.78 is 4.19. The lowest BCUT2D eigenvalue weighted by Crippen LogP contribution is -2.00. The number of hydrogen-bond acceptors (Lipinski definition) is 4. The number of esters is 1. The van der Waals surface area contributed by atoms with Gasteiger partial charge in [-0.05, 0) is 0 Å². The Balaban J connectivity index is 3.32. The first kappa shape index (κ1) is 8.23. The van der Waals surface area contributed by atoms with Crippen molar-refractivity contribution in [3.8, 4) is 0 Å². The van der Waals surface area contributed by atoms with Crippen molar-refractivity contribution in [1.29, 1.82) is 0 Å². The fourth-order valence-electron chi connectivity index (χ4n) is 0.161. The number of methoxy groups -OCH3 is 1. The van der Waals surface area contributed by atoms with Crippen LogP contribution in [0.25, 0.3) is 0 Å². The number of rotatable bonds is 3. The number of alkyl halides is 1. The van der Waals surface area contributed by atoms with Crippen molar-refractivity contribution in [2.24, 2.45) is 5.16 Å². The Labute approximate surface area is 57.4 Å². The molecule has 0 heterocycles. The maximum Gasteiger partial charge on any atom is 0.352 e. The van der Waals surface area contributed by atoms with Crippen LogP contribution in [0.15, 0.2) is 5.16 Å². The molecular formula is C4H6ClNO3. The average molecular weight is 152 g/mol. The molecule has 0 N–H and O–H groups in total. The van der Waals surface area contributed by atoms with Gasteiger partial charge in [0.1, 0.15) is 0 Å². The number of halogens is 1. The largest absolute Gasteiger partial charge is 0.465 e. The minimum Gasteiger partial charge on any atom is -0.465 e. The molecule has 52 valence electrons. The molecule has 5 heteroatoms. The summed E-state index contributed by atoms with van der Waals surface area (Å²) in [7, 11) is 1.25. The van der Waals surface area contributed by atoms with Crippen molar-refractivity contribution in [3.63, 3.8) is 0 Å². The predicted octanol–water partition coefficient (Wildman–Crippen LogP) is 0.358. The van der Waals surface area contributed by atoms with Gasteiger partial charge in [0.25, 0.3) is 0 Å². The van der Waals surface area contributed by atoms with Crippen LogP contribution in [0.3, 0.4) is 0 Å². The molecular weight excluding hydrogens is 146 g/mol. The van der Waals surface area contributed by atoms with Crippen molar-refractivity contribution in [1.82, 2.24) is 0 Å². The van der Waals surface area contributed by atoms with E-state index in [1.54, 1.807) is 0 Å². The molecule has 0 atom stereocenters. The summed E-state index contributed by atoms with van der Waals surface area (Å²) in [6.07, 6.45) is 0.891. The first-order chi connectivity index (χ1) is 4.31. The van der Waals surface area contributed by atoms with Gasteiger partial charge < -0.3 is 9.57 Å². The molecule has 0 rings (SSSR count). The highest BCUT2D eigenvalue weighted by Crippen LogP contribution is 1.78. The minimum atomic E-state index is -0.569. The Morgan fingerprint density at radius 1 is 1.89 bits per heavy atom. The third kappa shape index (κ3) is 5.10. The van der Waals surface area contributed by atoms with Gasteiger partial charge in [0.15, 0.2) is 12.3 Å². The van der Waals surface area contributed by atoms with Crippen LogP contribution in [-0.2, 0) is 14.4 Å². The fourth-order valence-corrected chi connectivity index (χ4v) is 0.218. The number of oxime groups is 1. The molecule has 0 saturated heterocycles. The van der Waals surface area contributed by atoms with Gasteiger partial charge in [-0.15, -0.1) is 0 Å². The summed E-state index contributed by atoms with van der Waals surface area (Å²) in [5.74, 6) is -0.569. The SMILES string of the molecule is COC(=O)C=NOCCl. The van der Waals surface area contributed by atoms with Gasteiger partial charge in [-0.3, -0.25) is 0 Å². The number of nitrogens with zero attached hydrogens (tertiary/aromatic N) is 1. The van der Waals surface area contributed by atoms with Crippen LogP contribution in [0.4, 0.5) is 0 Å². The van der Waals surface area contributed by atoms with Crippen LogP contribution in [0.5, 0.6) is 0 Å². The summed E-state index contributed by atoms with van der Waals surface area (Å²) in [6, 6.07) is -0.0759. The molecule has 9 heavy (non-hydrogen) atoms. The first-order valence-corrected chi connectivity index (χ1v) is 2.64. The molecule has 0 aromatic rings. The fraction of sp³-hybridized carbons (Fsp3) is 0.500. The number of ether oxygens (including phenoxy) is 1. The highest BCUT2D eigenvalue weighted by Gasteiger charge is 1.89. The predicted molar refractivity (Wildman–Crippen MR) is 32.3 cm³/mol. The van der Waals surface area contributed by atoms with E-state index in [1.807, 2.05) is 0 Å². The third-order valence-electron chi connectivity index (χ3n) is 0.483. The Kier molecular flexibility index (Phi) is 4.91. The van der Waals surface area contributed by atoms with Crippen LogP contribution < -0.4 is 0 Å². The lowest BCUT2D eigenvalue weighted by Gasteiger charge is -1.88. The van der Waals surface area contributed by atoms with E-state index < -0.39 is 5.97 Å². The molecule has 0 saturated carbocycles. The normalized spacial score (nSPS) is 9.56. The van der Waals surface area contributed by atoms with Crippen LogP contribution in [-0.4, -0.2) is 25.4 Å². The standard InChI is InChI=1S/C4H6ClNO3/c1-8-4(7)2-6-9-3-5/h2H,3H2,1H3. The van der Waals surface area contributed by atoms with Gasteiger partial charge in [0.2, 0.25) is 0 Å². The van der Waals surface area contributed by atoms with Crippen molar-refractivity contribution >= 4 is 23.8 Å². The third-order valence-corrected chi connectivity index (χ3v) is 0.580. The second-order valence-electron chi connectivity index (χ2n) is 0.996. The van der Waals surface area contributed by atoms with Crippen molar-refractivity contribution in [2.75, 3.05) is 13.2 Å². The van der Waals surface area contributed by atoms with E-state index in [4.69, 9.17) is 11.6 Å². The van der Waals surface area contributed by atoms with Crippen molar-refractivity contribution in [3.05, 3.63) is 0 Å². The lowest BCUT2D eigenvalue weighted by atomic mass is 10.8. The van der Waals surface area contributed by atoms with E-state index in [2.05, 4.69) is 14.7 Å². The van der Waals surface area contributed by atoms with E-state index in [0.717, 1.165) is 6.21 Å². The number of carbonyl (C=O) groups excluding carboxylic acids is 1. The smallest absolute Gasteiger partial charge is 0.352 e. The maximum absolute atomic E-state index is 10.2. The molecule has 0 aliphatic rings. The topological polar surface area (TPSA) is 47.9 Å². The van der Waals surface area contributed by atoms with E-state index in [0.29, 0.717) is 0 Å². The van der Waals surface area contributed by atoms with Gasteiger partial charge in [0.05, 0.1) is 7.11 Å². The molecule has 0 radical (unpaired) electrons. The summed E-state index contributed by atoms with van der Waals surface area (Å²) in [5.41, 5.74) is 0. The Morgan fingerprint density at radius 2 is 2.56 bits per heavy atom. The van der Waals surface area contributed by atoms with E-state index in [-0.39, 0.29) is 6.07 Å². The molecule has 0 aromatic heterocycles. The maximum atomic E-state index is 10.2. The highest BCUT2D eigenvalue weighted by atomic mass is 35.5. The average Bonchev–Trinajstić information content (AvgIpc) is 1.89. The zero-order chi connectivity index (χ0) is 7.11. The van der Waals surface area contributed by atoms with Gasteiger partial charge >= 0.3 is 5.97 Å². The molecule has 0 amide bonds. The summed E-state index contributed by atoms with van der Waals surface area (Å²) in [6.45, 7) is 0. The Hall–Kier alpha value is -0.770. The van der Waals surface area contributed by atoms with Gasteiger partial charge in [0, 0.05) is 0 Å². The van der Waals surface area contributed by atoms with Crippen LogP contribution >= 0.6 is 11.6 Å². The first-order valence-electron chi connectivity index (χ1n) is 2.10. The van der Waals surface area contributed by atoms with Crippen LogP contribution in [0.1, 0.15) is 0 Å². The summed E-state index contributed by atoms with van der Waals surface area (Å²) in [4.78, 5) is 14.4. The Morgan fingerprint density at radius 3 is 3.00 bits per heavy atom. The number of hydrogen-bond donors (Lipinski definition) is 0. The zero-order valence-electron chi connectivity index (χ0n) is 4.83. The minimum absolute atomic E-state index is 0.0759. The molecule has 0 fully saturated rings. The van der Waals surface area contributed by atoms with E-state index >= 15 is 0 Å². The van der Waals surface area contributed by atoms with Gasteiger partial charge in [-0.1, -0.05) is 16.8 Å². The molecule has 0 aromatic carbocycles. The second kappa shape index (κ2) is 5.37. The molecule has 0 aliphatic heterocycles. The molecule has 0 bridgehead atoms. The molecule has 0 unspecified atom stereocenters. The van der Waals surface area contributed by atoms with Gasteiger partial charge in [-0.2, -0.15) is 0 Å². The number of carbonyl (C=O) groups is 1. The molecule has 4 nitrogen and oxygen atoms in total. The quantitative estimate of drug-likeness (QED) is 0.253. The van der Waals surface area contributed by atoms with Gasteiger partial charge in [-0.25, -0.2) is 4.79 Å². The van der Waals surface area contributed by atoms with E-state index in [9.17, 15) is 4.79 Å². The monoisotopic (exact) mass is 151 g/mol.